The lowest BCUT2D eigenvalue weighted by molar-refractivity contribution is 0.0117. The second-order valence-corrected chi connectivity index (χ2v) is 10.2. The molecule has 4 N–H and O–H groups in total. The van der Waals surface area contributed by atoms with Crippen molar-refractivity contribution < 1.29 is 14.7 Å². The molecule has 4 aromatic rings. The Labute approximate surface area is 236 Å². The third-order valence-corrected chi connectivity index (χ3v) is 7.49. The Morgan fingerprint density at radius 1 is 0.700 bits per heavy atom. The number of amides is 2. The smallest absolute Gasteiger partial charge is 0.254 e. The zero-order valence-electron chi connectivity index (χ0n) is 23.1. The van der Waals surface area contributed by atoms with Crippen molar-refractivity contribution in [1.82, 2.24) is 10.2 Å². The van der Waals surface area contributed by atoms with Crippen LogP contribution >= 0.6 is 0 Å². The molecule has 0 aliphatic heterocycles. The van der Waals surface area contributed by atoms with Gasteiger partial charge in [0.15, 0.2) is 0 Å². The van der Waals surface area contributed by atoms with Crippen LogP contribution in [-0.2, 0) is 0 Å². The molecule has 0 heterocycles. The van der Waals surface area contributed by atoms with Crippen LogP contribution < -0.4 is 11.1 Å². The van der Waals surface area contributed by atoms with Crippen LogP contribution in [0.5, 0.6) is 0 Å². The topological polar surface area (TPSA) is 95.7 Å². The third kappa shape index (κ3) is 6.65. The molecule has 4 aromatic carbocycles. The van der Waals surface area contributed by atoms with E-state index in [0.29, 0.717) is 5.56 Å². The average molecular weight is 536 g/mol. The summed E-state index contributed by atoms with van der Waals surface area (Å²) in [6.07, 6.45) is -0.969. The molecule has 0 saturated heterocycles. The van der Waals surface area contributed by atoms with E-state index in [4.69, 9.17) is 5.73 Å². The Balaban J connectivity index is 1.73. The van der Waals surface area contributed by atoms with E-state index >= 15 is 0 Å². The maximum Gasteiger partial charge on any atom is 0.254 e. The highest BCUT2D eigenvalue weighted by Gasteiger charge is 2.36. The molecule has 0 bridgehead atoms. The van der Waals surface area contributed by atoms with Gasteiger partial charge in [0.05, 0.1) is 24.2 Å². The molecule has 0 aromatic heterocycles. The normalized spacial score (nSPS) is 14.9. The largest absolute Gasteiger partial charge is 0.389 e. The van der Waals surface area contributed by atoms with Gasteiger partial charge in [0.2, 0.25) is 5.91 Å². The minimum absolute atomic E-state index is 0.0591. The first-order chi connectivity index (χ1) is 19.3. The lowest BCUT2D eigenvalue weighted by Crippen LogP contribution is -2.51. The summed E-state index contributed by atoms with van der Waals surface area (Å²) < 4.78 is 0. The minimum Gasteiger partial charge on any atom is -0.389 e. The monoisotopic (exact) mass is 535 g/mol. The molecule has 4 rings (SSSR count). The van der Waals surface area contributed by atoms with E-state index in [1.165, 1.54) is 6.07 Å². The highest BCUT2D eigenvalue weighted by atomic mass is 16.3. The van der Waals surface area contributed by atoms with Crippen molar-refractivity contribution in [3.05, 3.63) is 143 Å². The molecule has 2 amide bonds. The van der Waals surface area contributed by atoms with Gasteiger partial charge in [0.25, 0.3) is 5.91 Å². The standard InChI is InChI=1S/C34H37N3O3/c1-23(26-14-7-4-8-15-26)36-31(28-18-11-6-12-19-28)32(38)25(3)37(24(2)27-16-9-5-10-17-27)34(40)30-21-13-20-29(22-30)33(35)39/h4-25,31-32,36,38H,1-3H3,(H2,35,39)/t23-,24?,25?,31?,32?/m0/s1. The van der Waals surface area contributed by atoms with Gasteiger partial charge in [0, 0.05) is 17.2 Å². The van der Waals surface area contributed by atoms with Crippen molar-refractivity contribution in [2.24, 2.45) is 5.73 Å². The molecule has 6 heteroatoms. The number of benzene rings is 4. The van der Waals surface area contributed by atoms with E-state index in [0.717, 1.165) is 16.7 Å². The number of hydrogen-bond donors (Lipinski definition) is 3. The number of aliphatic hydroxyl groups excluding tert-OH is 1. The summed E-state index contributed by atoms with van der Waals surface area (Å²) in [5, 5.41) is 15.6. The van der Waals surface area contributed by atoms with Crippen LogP contribution in [0.2, 0.25) is 0 Å². The molecule has 0 saturated carbocycles. The van der Waals surface area contributed by atoms with Gasteiger partial charge in [0.1, 0.15) is 0 Å². The summed E-state index contributed by atoms with van der Waals surface area (Å²) in [4.78, 5) is 27.7. The van der Waals surface area contributed by atoms with Crippen molar-refractivity contribution >= 4 is 11.8 Å². The summed E-state index contributed by atoms with van der Waals surface area (Å²) in [5.41, 5.74) is 9.04. The summed E-state index contributed by atoms with van der Waals surface area (Å²) in [7, 11) is 0. The van der Waals surface area contributed by atoms with Gasteiger partial charge in [-0.05, 0) is 55.7 Å². The minimum atomic E-state index is -0.969. The van der Waals surface area contributed by atoms with Crippen LogP contribution in [0.15, 0.2) is 115 Å². The van der Waals surface area contributed by atoms with Crippen LogP contribution in [0.4, 0.5) is 0 Å². The van der Waals surface area contributed by atoms with Crippen molar-refractivity contribution in [2.45, 2.75) is 51.0 Å². The fourth-order valence-electron chi connectivity index (χ4n) is 5.16. The zero-order valence-corrected chi connectivity index (χ0v) is 23.1. The molecule has 0 spiro atoms. The number of nitrogens with zero attached hydrogens (tertiary/aromatic N) is 1. The number of nitrogens with two attached hydrogens (primary N) is 1. The maximum absolute atomic E-state index is 14.1. The number of primary amides is 1. The van der Waals surface area contributed by atoms with Gasteiger partial charge in [-0.1, -0.05) is 97.1 Å². The molecule has 0 aliphatic carbocycles. The van der Waals surface area contributed by atoms with Crippen molar-refractivity contribution in [3.8, 4) is 0 Å². The van der Waals surface area contributed by atoms with Gasteiger partial charge >= 0.3 is 0 Å². The van der Waals surface area contributed by atoms with E-state index in [-0.39, 0.29) is 23.6 Å². The Bertz CT molecular complexity index is 1400. The highest BCUT2D eigenvalue weighted by Crippen LogP contribution is 2.31. The summed E-state index contributed by atoms with van der Waals surface area (Å²) in [6.45, 7) is 5.88. The van der Waals surface area contributed by atoms with Gasteiger partial charge in [-0.3, -0.25) is 9.59 Å². The first kappa shape index (κ1) is 28.7. The lowest BCUT2D eigenvalue weighted by Gasteiger charge is -2.41. The van der Waals surface area contributed by atoms with Gasteiger partial charge in [-0.15, -0.1) is 0 Å². The number of nitrogens with one attached hydrogen (secondary N) is 1. The van der Waals surface area contributed by atoms with Crippen LogP contribution in [0.1, 0.15) is 76.3 Å². The van der Waals surface area contributed by atoms with E-state index < -0.39 is 24.1 Å². The molecule has 6 nitrogen and oxygen atoms in total. The fraction of sp³-hybridized carbons (Fsp3) is 0.235. The molecule has 0 fully saturated rings. The van der Waals surface area contributed by atoms with Crippen molar-refractivity contribution in [1.29, 1.82) is 0 Å². The molecule has 5 atom stereocenters. The van der Waals surface area contributed by atoms with E-state index in [1.807, 2.05) is 92.7 Å². The quantitative estimate of drug-likeness (QED) is 0.225. The number of rotatable bonds is 11. The Morgan fingerprint density at radius 2 is 1.20 bits per heavy atom. The van der Waals surface area contributed by atoms with Crippen LogP contribution in [0.25, 0.3) is 0 Å². The first-order valence-electron chi connectivity index (χ1n) is 13.6. The molecular weight excluding hydrogens is 498 g/mol. The van der Waals surface area contributed by atoms with Crippen molar-refractivity contribution in [2.75, 3.05) is 0 Å². The van der Waals surface area contributed by atoms with Gasteiger partial charge < -0.3 is 21.1 Å². The number of aliphatic hydroxyl groups is 1. The van der Waals surface area contributed by atoms with Crippen LogP contribution in [0, 0.1) is 0 Å². The predicted molar refractivity (Wildman–Crippen MR) is 159 cm³/mol. The zero-order chi connectivity index (χ0) is 28.6. The lowest BCUT2D eigenvalue weighted by atomic mass is 9.92. The van der Waals surface area contributed by atoms with E-state index in [9.17, 15) is 14.7 Å². The summed E-state index contributed by atoms with van der Waals surface area (Å²) >= 11 is 0. The molecule has 0 radical (unpaired) electrons. The molecule has 206 valence electrons. The fourth-order valence-corrected chi connectivity index (χ4v) is 5.16. The van der Waals surface area contributed by atoms with Gasteiger partial charge in [-0.25, -0.2) is 0 Å². The third-order valence-electron chi connectivity index (χ3n) is 7.49. The SMILES string of the molecule is CC(c1ccccc1)N(C(=O)c1cccc(C(N)=O)c1)C(C)C(O)C(N[C@@H](C)c1ccccc1)c1ccccc1. The summed E-state index contributed by atoms with van der Waals surface area (Å²) in [6, 6.07) is 34.5. The van der Waals surface area contributed by atoms with Crippen LogP contribution in [0.3, 0.4) is 0 Å². The molecule has 0 aliphatic rings. The van der Waals surface area contributed by atoms with Gasteiger partial charge in [-0.2, -0.15) is 0 Å². The number of hydrogen-bond acceptors (Lipinski definition) is 4. The van der Waals surface area contributed by atoms with Crippen LogP contribution in [-0.4, -0.2) is 34.0 Å². The second kappa shape index (κ2) is 13.2. The Kier molecular flexibility index (Phi) is 9.48. The average Bonchev–Trinajstić information content (AvgIpc) is 3.00. The van der Waals surface area contributed by atoms with Crippen molar-refractivity contribution in [3.63, 3.8) is 0 Å². The predicted octanol–water partition coefficient (Wildman–Crippen LogP) is 5.83. The number of carbonyl (C=O) groups is 2. The summed E-state index contributed by atoms with van der Waals surface area (Å²) in [5.74, 6) is -0.900. The Morgan fingerprint density at radius 3 is 1.75 bits per heavy atom. The van der Waals surface area contributed by atoms with E-state index in [2.05, 4.69) is 24.4 Å². The number of carbonyl (C=O) groups excluding carboxylic acids is 2. The molecule has 4 unspecified atom stereocenters. The molecular formula is C34H37N3O3. The second-order valence-electron chi connectivity index (χ2n) is 10.2. The maximum atomic E-state index is 14.1. The Hall–Kier alpha value is -4.26. The first-order valence-corrected chi connectivity index (χ1v) is 13.6. The molecule has 40 heavy (non-hydrogen) atoms. The van der Waals surface area contributed by atoms with E-state index in [1.54, 1.807) is 23.1 Å². The highest BCUT2D eigenvalue weighted by molar-refractivity contribution is 5.99.